The molecule has 0 aromatic heterocycles. The van der Waals surface area contributed by atoms with Crippen LogP contribution in [0.1, 0.15) is 58.8 Å². The number of sulfone groups is 1. The zero-order valence-electron chi connectivity index (χ0n) is 18.3. The summed E-state index contributed by atoms with van der Waals surface area (Å²) in [6.07, 6.45) is 5.28. The van der Waals surface area contributed by atoms with Crippen LogP contribution in [0.3, 0.4) is 0 Å². The highest BCUT2D eigenvalue weighted by Crippen LogP contribution is 2.72. The first-order chi connectivity index (χ1) is 14.7. The first-order valence-corrected chi connectivity index (χ1v) is 13.4. The monoisotopic (exact) mass is 444 g/mol. The van der Waals surface area contributed by atoms with Gasteiger partial charge in [0, 0.05) is 5.41 Å². The first-order valence-electron chi connectivity index (χ1n) is 11.8. The molecule has 5 nitrogen and oxygen atoms in total. The van der Waals surface area contributed by atoms with Gasteiger partial charge in [-0.15, -0.1) is 0 Å². The second-order valence-electron chi connectivity index (χ2n) is 11.3. The van der Waals surface area contributed by atoms with Crippen molar-refractivity contribution in [1.29, 1.82) is 0 Å². The zero-order chi connectivity index (χ0) is 21.8. The predicted octanol–water partition coefficient (Wildman–Crippen LogP) is 3.54. The number of aliphatic hydroxyl groups is 1. The van der Waals surface area contributed by atoms with E-state index in [1.165, 1.54) is 0 Å². The van der Waals surface area contributed by atoms with Crippen molar-refractivity contribution < 1.29 is 23.1 Å². The Bertz CT molecular complexity index is 1040. The van der Waals surface area contributed by atoms with Gasteiger partial charge >= 0.3 is 0 Å². The quantitative estimate of drug-likeness (QED) is 0.706. The van der Waals surface area contributed by atoms with Crippen molar-refractivity contribution in [3.63, 3.8) is 0 Å². The maximum atomic E-state index is 13.5. The minimum absolute atomic E-state index is 0.0220. The van der Waals surface area contributed by atoms with Crippen molar-refractivity contribution in [3.8, 4) is 0 Å². The fraction of sp³-hybridized carbons (Fsp3) is 0.720. The molecule has 1 aromatic rings. The van der Waals surface area contributed by atoms with Crippen molar-refractivity contribution in [3.05, 3.63) is 30.3 Å². The van der Waals surface area contributed by atoms with E-state index in [-0.39, 0.29) is 27.6 Å². The SMILES string of the molecule is C[C@]12CC[C@H]3[C@@H](CC[C@@]45O[C@@H]4C(=O)C(S(=O)(=O)c4ccccc4)C[C@]35C)[C@@H]1CC[C@@H]2O. The van der Waals surface area contributed by atoms with Gasteiger partial charge in [-0.05, 0) is 80.2 Å². The molecule has 5 aliphatic rings. The van der Waals surface area contributed by atoms with Gasteiger partial charge in [-0.2, -0.15) is 0 Å². The number of rotatable bonds is 2. The van der Waals surface area contributed by atoms with Crippen LogP contribution in [-0.2, 0) is 19.4 Å². The Morgan fingerprint density at radius 1 is 1.00 bits per heavy atom. The lowest BCUT2D eigenvalue weighted by Crippen LogP contribution is -2.61. The molecule has 1 aromatic carbocycles. The van der Waals surface area contributed by atoms with E-state index >= 15 is 0 Å². The molecule has 4 aliphatic carbocycles. The van der Waals surface area contributed by atoms with Crippen molar-refractivity contribution in [2.24, 2.45) is 28.6 Å². The van der Waals surface area contributed by atoms with Gasteiger partial charge in [0.05, 0.1) is 11.0 Å². The molecule has 31 heavy (non-hydrogen) atoms. The van der Waals surface area contributed by atoms with E-state index < -0.39 is 26.8 Å². The number of Topliss-reactive ketones (excluding diaryl/α,β-unsaturated/α-hetero) is 1. The molecule has 5 fully saturated rings. The summed E-state index contributed by atoms with van der Waals surface area (Å²) in [6, 6.07) is 8.40. The summed E-state index contributed by atoms with van der Waals surface area (Å²) in [6.45, 7) is 4.46. The standard InChI is InChI=1S/C25H32O5S/c1-23-12-11-18-16(17(23)8-9-20(23)26)10-13-25-22(30-25)21(27)19(14-24(18,25)2)31(28,29)15-6-4-3-5-7-15/h3-7,16-20,22,26H,8-14H2,1-2H3/t16-,17-,18-,19?,20-,22+,23-,24+,25+/m0/s1. The van der Waals surface area contributed by atoms with Gasteiger partial charge in [0.25, 0.3) is 0 Å². The number of benzene rings is 1. The molecular formula is C25H32O5S. The Morgan fingerprint density at radius 2 is 1.74 bits per heavy atom. The van der Waals surface area contributed by atoms with Crippen LogP contribution in [0, 0.1) is 28.6 Å². The third kappa shape index (κ3) is 2.39. The zero-order valence-corrected chi connectivity index (χ0v) is 19.1. The Balaban J connectivity index is 1.38. The van der Waals surface area contributed by atoms with Crippen LogP contribution >= 0.6 is 0 Å². The number of carbonyl (C=O) groups is 1. The van der Waals surface area contributed by atoms with Crippen molar-refractivity contribution in [1.82, 2.24) is 0 Å². The van der Waals surface area contributed by atoms with Crippen LogP contribution in [0.5, 0.6) is 0 Å². The summed E-state index contributed by atoms with van der Waals surface area (Å²) in [5.74, 6) is 1.06. The molecule has 0 amide bonds. The van der Waals surface area contributed by atoms with Gasteiger partial charge in [0.1, 0.15) is 17.0 Å². The molecule has 0 radical (unpaired) electrons. The number of ketones is 1. The number of fused-ring (bicyclic) bond motifs is 4. The molecule has 1 unspecified atom stereocenters. The van der Waals surface area contributed by atoms with Crippen molar-refractivity contribution >= 4 is 15.6 Å². The molecule has 1 spiro atoms. The van der Waals surface area contributed by atoms with E-state index in [4.69, 9.17) is 4.74 Å². The number of aliphatic hydroxyl groups excluding tert-OH is 1. The Hall–Kier alpha value is -1.24. The van der Waals surface area contributed by atoms with Crippen LogP contribution < -0.4 is 0 Å². The number of hydrogen-bond donors (Lipinski definition) is 1. The van der Waals surface area contributed by atoms with Gasteiger partial charge < -0.3 is 9.84 Å². The Kier molecular flexibility index (Phi) is 4.08. The molecule has 168 valence electrons. The van der Waals surface area contributed by atoms with E-state index in [1.54, 1.807) is 30.3 Å². The van der Waals surface area contributed by atoms with Crippen molar-refractivity contribution in [2.45, 2.75) is 86.7 Å². The topological polar surface area (TPSA) is 84.0 Å². The minimum Gasteiger partial charge on any atom is -0.393 e. The third-order valence-electron chi connectivity index (χ3n) is 10.3. The Morgan fingerprint density at radius 3 is 2.48 bits per heavy atom. The summed E-state index contributed by atoms with van der Waals surface area (Å²) in [4.78, 5) is 13.5. The second-order valence-corrected chi connectivity index (χ2v) is 13.4. The molecule has 0 bridgehead atoms. The summed E-state index contributed by atoms with van der Waals surface area (Å²) >= 11 is 0. The van der Waals surface area contributed by atoms with Crippen LogP contribution in [0.2, 0.25) is 0 Å². The highest BCUT2D eigenvalue weighted by Gasteiger charge is 2.79. The smallest absolute Gasteiger partial charge is 0.188 e. The summed E-state index contributed by atoms with van der Waals surface area (Å²) < 4.78 is 33.2. The molecule has 1 heterocycles. The number of ether oxygens (including phenoxy) is 1. The van der Waals surface area contributed by atoms with Crippen LogP contribution in [0.4, 0.5) is 0 Å². The van der Waals surface area contributed by atoms with Gasteiger partial charge in [0.15, 0.2) is 15.6 Å². The lowest BCUT2D eigenvalue weighted by molar-refractivity contribution is -0.133. The van der Waals surface area contributed by atoms with Crippen molar-refractivity contribution in [2.75, 3.05) is 0 Å². The minimum atomic E-state index is -3.76. The highest BCUT2D eigenvalue weighted by atomic mass is 32.2. The summed E-state index contributed by atoms with van der Waals surface area (Å²) in [7, 11) is -3.76. The third-order valence-corrected chi connectivity index (χ3v) is 12.4. The van der Waals surface area contributed by atoms with Gasteiger partial charge in [-0.1, -0.05) is 32.0 Å². The lowest BCUT2D eigenvalue weighted by Gasteiger charge is -2.59. The molecule has 4 saturated carbocycles. The van der Waals surface area contributed by atoms with Gasteiger partial charge in [0.2, 0.25) is 0 Å². The van der Waals surface area contributed by atoms with E-state index in [0.717, 1.165) is 38.5 Å². The maximum absolute atomic E-state index is 13.5. The molecule has 1 aliphatic heterocycles. The molecule has 6 heteroatoms. The highest BCUT2D eigenvalue weighted by molar-refractivity contribution is 7.92. The number of carbonyl (C=O) groups excluding carboxylic acids is 1. The summed E-state index contributed by atoms with van der Waals surface area (Å²) in [5.41, 5.74) is -0.819. The lowest BCUT2D eigenvalue weighted by atomic mass is 9.45. The maximum Gasteiger partial charge on any atom is 0.188 e. The number of epoxide rings is 1. The molecule has 9 atom stereocenters. The van der Waals surface area contributed by atoms with E-state index in [0.29, 0.717) is 24.2 Å². The van der Waals surface area contributed by atoms with E-state index in [9.17, 15) is 18.3 Å². The molecule has 1 N–H and O–H groups in total. The van der Waals surface area contributed by atoms with Gasteiger partial charge in [-0.3, -0.25) is 4.79 Å². The van der Waals surface area contributed by atoms with E-state index in [2.05, 4.69) is 13.8 Å². The van der Waals surface area contributed by atoms with Crippen LogP contribution in [0.15, 0.2) is 35.2 Å². The molecular weight excluding hydrogens is 412 g/mol. The van der Waals surface area contributed by atoms with Crippen LogP contribution in [-0.4, -0.2) is 42.4 Å². The fourth-order valence-electron chi connectivity index (χ4n) is 8.54. The largest absolute Gasteiger partial charge is 0.393 e. The average molecular weight is 445 g/mol. The van der Waals surface area contributed by atoms with Gasteiger partial charge in [-0.25, -0.2) is 8.42 Å². The van der Waals surface area contributed by atoms with E-state index in [1.807, 2.05) is 0 Å². The molecule has 6 rings (SSSR count). The Labute approximate surface area is 184 Å². The average Bonchev–Trinajstić information content (AvgIpc) is 3.43. The fourth-order valence-corrected chi connectivity index (χ4v) is 10.4. The second kappa shape index (κ2) is 6.21. The summed E-state index contributed by atoms with van der Waals surface area (Å²) in [5, 5.41) is 9.66. The normalized spacial score (nSPS) is 50.7. The molecule has 1 saturated heterocycles. The predicted molar refractivity (Wildman–Crippen MR) is 115 cm³/mol. The first kappa shape index (κ1) is 20.4. The van der Waals surface area contributed by atoms with Crippen LogP contribution in [0.25, 0.3) is 0 Å². The number of hydrogen-bond acceptors (Lipinski definition) is 5.